The summed E-state index contributed by atoms with van der Waals surface area (Å²) in [6.45, 7) is 7.72. The lowest BCUT2D eigenvalue weighted by atomic mass is 9.94. The maximum atomic E-state index is 12.3. The van der Waals surface area contributed by atoms with E-state index in [2.05, 4.69) is 21.3 Å². The molecule has 2 atom stereocenters. The summed E-state index contributed by atoms with van der Waals surface area (Å²) in [6, 6.07) is -0.852. The van der Waals surface area contributed by atoms with Crippen LogP contribution in [0.1, 0.15) is 66.2 Å². The van der Waals surface area contributed by atoms with Gasteiger partial charge in [0.15, 0.2) is 0 Å². The first-order chi connectivity index (χ1) is 16.1. The first-order valence-electron chi connectivity index (χ1n) is 12.0. The summed E-state index contributed by atoms with van der Waals surface area (Å²) in [7, 11) is 0. The molecule has 0 saturated carbocycles. The lowest BCUT2D eigenvalue weighted by molar-refractivity contribution is -0.140. The molecule has 192 valence electrons. The molecular weight excluding hydrogens is 442 g/mol. The number of carbonyl (C=O) groups excluding carboxylic acids is 6. The van der Waals surface area contributed by atoms with Crippen LogP contribution in [0.15, 0.2) is 0 Å². The number of imide groups is 1. The fourth-order valence-electron chi connectivity index (χ4n) is 3.47. The van der Waals surface area contributed by atoms with E-state index < -0.39 is 17.9 Å². The highest BCUT2D eigenvalue weighted by atomic mass is 16.2. The number of unbranched alkanes of at least 4 members (excludes halogenated alkanes) is 2. The zero-order valence-corrected chi connectivity index (χ0v) is 20.7. The molecule has 0 spiro atoms. The van der Waals surface area contributed by atoms with E-state index in [0.717, 1.165) is 6.42 Å². The highest BCUT2D eigenvalue weighted by molar-refractivity contribution is 6.03. The lowest BCUT2D eigenvalue weighted by Gasteiger charge is -2.16. The smallest absolute Gasteiger partial charge is 0.242 e. The number of hydrogen-bond acceptors (Lipinski definition) is 6. The molecule has 4 N–H and O–H groups in total. The zero-order chi connectivity index (χ0) is 25.7. The predicted molar refractivity (Wildman–Crippen MR) is 125 cm³/mol. The number of rotatable bonds is 15. The second-order valence-corrected chi connectivity index (χ2v) is 8.88. The summed E-state index contributed by atoms with van der Waals surface area (Å²) in [4.78, 5) is 72.9. The van der Waals surface area contributed by atoms with Gasteiger partial charge in [-0.05, 0) is 32.1 Å². The van der Waals surface area contributed by atoms with Crippen LogP contribution in [0.25, 0.3) is 0 Å². The third kappa shape index (κ3) is 10.3. The second kappa shape index (κ2) is 15.0. The summed E-state index contributed by atoms with van der Waals surface area (Å²) in [5.74, 6) is -1.95. The van der Waals surface area contributed by atoms with Gasteiger partial charge in [-0.3, -0.25) is 33.7 Å². The van der Waals surface area contributed by atoms with Crippen molar-refractivity contribution in [1.29, 1.82) is 0 Å². The summed E-state index contributed by atoms with van der Waals surface area (Å²) >= 11 is 0. The first-order valence-corrected chi connectivity index (χ1v) is 12.0. The van der Waals surface area contributed by atoms with E-state index in [1.165, 1.54) is 11.8 Å². The van der Waals surface area contributed by atoms with Crippen molar-refractivity contribution in [2.24, 2.45) is 11.8 Å². The van der Waals surface area contributed by atoms with E-state index in [0.29, 0.717) is 32.4 Å². The minimum atomic E-state index is -0.852. The van der Waals surface area contributed by atoms with Gasteiger partial charge in [-0.15, -0.1) is 0 Å². The van der Waals surface area contributed by atoms with Crippen molar-refractivity contribution in [3.05, 3.63) is 0 Å². The minimum Gasteiger partial charge on any atom is -0.355 e. The topological polar surface area (TPSA) is 154 Å². The van der Waals surface area contributed by atoms with Crippen molar-refractivity contribution in [2.75, 3.05) is 26.2 Å². The molecule has 34 heavy (non-hydrogen) atoms. The number of amides is 6. The van der Waals surface area contributed by atoms with Crippen molar-refractivity contribution in [3.63, 3.8) is 0 Å². The molecular formula is C23H39N5O6. The Morgan fingerprint density at radius 3 is 2.21 bits per heavy atom. The second-order valence-electron chi connectivity index (χ2n) is 8.88. The Labute approximate surface area is 201 Å². The van der Waals surface area contributed by atoms with E-state index in [1.807, 2.05) is 20.8 Å². The fourth-order valence-corrected chi connectivity index (χ4v) is 3.47. The van der Waals surface area contributed by atoms with E-state index in [-0.39, 0.29) is 61.4 Å². The number of carbonyl (C=O) groups is 6. The molecule has 0 bridgehead atoms. The molecule has 0 aromatic carbocycles. The maximum absolute atomic E-state index is 12.3. The normalized spacial score (nSPS) is 16.4. The average Bonchev–Trinajstić information content (AvgIpc) is 3.07. The molecule has 0 radical (unpaired) electrons. The Morgan fingerprint density at radius 2 is 1.59 bits per heavy atom. The molecule has 1 saturated heterocycles. The summed E-state index contributed by atoms with van der Waals surface area (Å²) in [5, 5.41) is 10.0. The summed E-state index contributed by atoms with van der Waals surface area (Å²) < 4.78 is 0. The van der Waals surface area contributed by atoms with Crippen LogP contribution in [0.2, 0.25) is 0 Å². The van der Waals surface area contributed by atoms with Gasteiger partial charge in [0.1, 0.15) is 6.04 Å². The third-order valence-corrected chi connectivity index (χ3v) is 5.58. The fraction of sp³-hybridized carbons (Fsp3) is 0.739. The Kier molecular flexibility index (Phi) is 12.8. The monoisotopic (exact) mass is 481 g/mol. The third-order valence-electron chi connectivity index (χ3n) is 5.58. The molecule has 0 aromatic rings. The van der Waals surface area contributed by atoms with E-state index in [1.54, 1.807) is 0 Å². The summed E-state index contributed by atoms with van der Waals surface area (Å²) in [5.41, 5.74) is 0. The molecule has 1 fully saturated rings. The van der Waals surface area contributed by atoms with Gasteiger partial charge in [0.2, 0.25) is 35.4 Å². The molecule has 1 aliphatic heterocycles. The number of nitrogens with one attached hydrogen (secondary N) is 4. The highest BCUT2D eigenvalue weighted by Crippen LogP contribution is 2.26. The van der Waals surface area contributed by atoms with Crippen molar-refractivity contribution in [1.82, 2.24) is 26.2 Å². The first kappa shape index (κ1) is 29.1. The molecule has 1 rings (SSSR count). The van der Waals surface area contributed by atoms with Gasteiger partial charge in [-0.1, -0.05) is 27.2 Å². The SMILES string of the molecule is CCCNC(=O)CNC(=O)C(C)NC(=O)CNC(=O)CCCCCN1C(=O)CC(C(C)C)C1=O. The van der Waals surface area contributed by atoms with Gasteiger partial charge in [0.25, 0.3) is 0 Å². The van der Waals surface area contributed by atoms with Crippen molar-refractivity contribution in [2.45, 2.75) is 72.3 Å². The Balaban J connectivity index is 2.16. The minimum absolute atomic E-state index is 0.105. The number of likely N-dealkylation sites (tertiary alicyclic amines) is 1. The van der Waals surface area contributed by atoms with Gasteiger partial charge in [0.05, 0.1) is 13.1 Å². The van der Waals surface area contributed by atoms with Crippen LogP contribution in [-0.4, -0.2) is 72.6 Å². The van der Waals surface area contributed by atoms with Gasteiger partial charge in [-0.2, -0.15) is 0 Å². The van der Waals surface area contributed by atoms with Crippen LogP contribution >= 0.6 is 0 Å². The van der Waals surface area contributed by atoms with Crippen LogP contribution < -0.4 is 21.3 Å². The predicted octanol–water partition coefficient (Wildman–Crippen LogP) is -0.159. The van der Waals surface area contributed by atoms with Gasteiger partial charge < -0.3 is 21.3 Å². The largest absolute Gasteiger partial charge is 0.355 e. The number of hydrogen-bond donors (Lipinski definition) is 4. The molecule has 6 amide bonds. The molecule has 2 unspecified atom stereocenters. The summed E-state index contributed by atoms with van der Waals surface area (Å²) in [6.07, 6.45) is 3.14. The number of nitrogens with zero attached hydrogens (tertiary/aromatic N) is 1. The average molecular weight is 482 g/mol. The van der Waals surface area contributed by atoms with Crippen LogP contribution in [0.5, 0.6) is 0 Å². The quantitative estimate of drug-likeness (QED) is 0.188. The van der Waals surface area contributed by atoms with Gasteiger partial charge >= 0.3 is 0 Å². The Bertz CT molecular complexity index is 754. The highest BCUT2D eigenvalue weighted by Gasteiger charge is 2.39. The molecule has 1 aliphatic rings. The van der Waals surface area contributed by atoms with E-state index in [4.69, 9.17) is 0 Å². The van der Waals surface area contributed by atoms with Crippen LogP contribution in [0.3, 0.4) is 0 Å². The van der Waals surface area contributed by atoms with Crippen LogP contribution in [-0.2, 0) is 28.8 Å². The standard InChI is InChI=1S/C23H39N5O6/c1-5-10-24-19(30)13-26-22(33)16(4)27-20(31)14-25-18(29)9-7-6-8-11-28-21(32)12-17(15(2)3)23(28)34/h15-17H,5-14H2,1-4H3,(H,24,30)(H,25,29)(H,26,33)(H,27,31). The molecule has 11 heteroatoms. The maximum Gasteiger partial charge on any atom is 0.242 e. The zero-order valence-electron chi connectivity index (χ0n) is 20.7. The van der Waals surface area contributed by atoms with Crippen molar-refractivity contribution in [3.8, 4) is 0 Å². The Hall–Kier alpha value is -2.98. The van der Waals surface area contributed by atoms with Crippen LogP contribution in [0.4, 0.5) is 0 Å². The Morgan fingerprint density at radius 1 is 0.912 bits per heavy atom. The van der Waals surface area contributed by atoms with Crippen molar-refractivity contribution < 1.29 is 28.8 Å². The van der Waals surface area contributed by atoms with E-state index >= 15 is 0 Å². The van der Waals surface area contributed by atoms with Crippen molar-refractivity contribution >= 4 is 35.4 Å². The van der Waals surface area contributed by atoms with E-state index in [9.17, 15) is 28.8 Å². The van der Waals surface area contributed by atoms with Gasteiger partial charge in [0, 0.05) is 31.8 Å². The van der Waals surface area contributed by atoms with Gasteiger partial charge in [-0.25, -0.2) is 0 Å². The molecule has 1 heterocycles. The molecule has 0 aliphatic carbocycles. The lowest BCUT2D eigenvalue weighted by Crippen LogP contribution is -2.49. The molecule has 11 nitrogen and oxygen atoms in total. The molecule has 0 aromatic heterocycles. The van der Waals surface area contributed by atoms with Crippen LogP contribution in [0, 0.1) is 11.8 Å².